The molecule has 1 heterocycles. The third-order valence-electron chi connectivity index (χ3n) is 5.99. The quantitative estimate of drug-likeness (QED) is 0.693. The van der Waals surface area contributed by atoms with Crippen LogP contribution in [0.15, 0.2) is 12.3 Å². The van der Waals surface area contributed by atoms with Gasteiger partial charge in [0.25, 0.3) is 0 Å². The van der Waals surface area contributed by atoms with Gasteiger partial charge in [-0.2, -0.15) is 0 Å². The van der Waals surface area contributed by atoms with E-state index in [1.54, 1.807) is 0 Å². The van der Waals surface area contributed by atoms with Gasteiger partial charge in [0.1, 0.15) is 0 Å². The van der Waals surface area contributed by atoms with Gasteiger partial charge in [0.05, 0.1) is 0 Å². The van der Waals surface area contributed by atoms with Crippen molar-refractivity contribution in [2.24, 2.45) is 17.3 Å². The summed E-state index contributed by atoms with van der Waals surface area (Å²) in [5.41, 5.74) is 1.78. The smallest absolute Gasteiger partial charge is 0.0470 e. The zero-order valence-electron chi connectivity index (χ0n) is 16.3. The van der Waals surface area contributed by atoms with Crippen LogP contribution in [0.1, 0.15) is 79.6 Å². The van der Waals surface area contributed by atoms with Gasteiger partial charge in [-0.15, -0.1) is 0 Å². The van der Waals surface area contributed by atoms with E-state index in [1.807, 2.05) is 0 Å². The summed E-state index contributed by atoms with van der Waals surface area (Å²) < 4.78 is 0. The van der Waals surface area contributed by atoms with Gasteiger partial charge in [-0.25, -0.2) is 0 Å². The number of nitrogens with one attached hydrogen (secondary N) is 1. The number of hydrogen-bond acceptors (Lipinski definition) is 2. The van der Waals surface area contributed by atoms with Crippen LogP contribution in [0.5, 0.6) is 0 Å². The lowest BCUT2D eigenvalue weighted by atomic mass is 9.83. The molecule has 1 aliphatic carbocycles. The Morgan fingerprint density at radius 1 is 1.17 bits per heavy atom. The summed E-state index contributed by atoms with van der Waals surface area (Å²) >= 11 is 0. The summed E-state index contributed by atoms with van der Waals surface area (Å²) in [6.07, 6.45) is 9.51. The van der Waals surface area contributed by atoms with Gasteiger partial charge in [0.15, 0.2) is 0 Å². The van der Waals surface area contributed by atoms with E-state index in [1.165, 1.54) is 63.7 Å². The van der Waals surface area contributed by atoms with Gasteiger partial charge in [-0.1, -0.05) is 47.1 Å². The van der Waals surface area contributed by atoms with E-state index in [4.69, 9.17) is 0 Å². The number of nitrogens with zero attached hydrogens (tertiary/aromatic N) is 1. The molecule has 1 saturated heterocycles. The maximum absolute atomic E-state index is 4.54. The first-order valence-electron chi connectivity index (χ1n) is 9.98. The molecule has 1 unspecified atom stereocenters. The van der Waals surface area contributed by atoms with E-state index >= 15 is 0 Å². The van der Waals surface area contributed by atoms with Crippen LogP contribution in [-0.2, 0) is 0 Å². The molecule has 2 heteroatoms. The average Bonchev–Trinajstić information content (AvgIpc) is 2.98. The molecule has 0 radical (unpaired) electrons. The van der Waals surface area contributed by atoms with Crippen molar-refractivity contribution in [2.45, 2.75) is 91.6 Å². The normalized spacial score (nSPS) is 24.9. The summed E-state index contributed by atoms with van der Waals surface area (Å²) in [6.45, 7) is 18.8. The van der Waals surface area contributed by atoms with Crippen molar-refractivity contribution >= 4 is 0 Å². The molecule has 2 rings (SSSR count). The van der Waals surface area contributed by atoms with Gasteiger partial charge in [0.2, 0.25) is 0 Å². The minimum atomic E-state index is 0.431. The van der Waals surface area contributed by atoms with Gasteiger partial charge >= 0.3 is 0 Å². The Hall–Kier alpha value is -0.500. The van der Waals surface area contributed by atoms with Crippen LogP contribution >= 0.6 is 0 Å². The molecule has 1 aliphatic heterocycles. The van der Waals surface area contributed by atoms with Gasteiger partial charge < -0.3 is 10.2 Å². The minimum absolute atomic E-state index is 0.431. The predicted octanol–water partition coefficient (Wildman–Crippen LogP) is 5.21. The molecule has 0 aromatic carbocycles. The second kappa shape index (κ2) is 8.05. The molecule has 0 aromatic heterocycles. The van der Waals surface area contributed by atoms with Crippen LogP contribution in [0.2, 0.25) is 0 Å². The van der Waals surface area contributed by atoms with E-state index in [-0.39, 0.29) is 0 Å². The van der Waals surface area contributed by atoms with Crippen LogP contribution in [0.25, 0.3) is 0 Å². The third-order valence-corrected chi connectivity index (χ3v) is 5.99. The largest absolute Gasteiger partial charge is 0.373 e. The molecule has 0 spiro atoms. The molecule has 1 saturated carbocycles. The summed E-state index contributed by atoms with van der Waals surface area (Å²) in [5, 5.41) is 3.97. The number of piperidine rings is 1. The molecular formula is C21H40N2. The summed E-state index contributed by atoms with van der Waals surface area (Å²) in [7, 11) is 0. The lowest BCUT2D eigenvalue weighted by Gasteiger charge is -2.43. The zero-order chi connectivity index (χ0) is 17.0. The third kappa shape index (κ3) is 5.52. The van der Waals surface area contributed by atoms with Crippen molar-refractivity contribution in [1.82, 2.24) is 10.2 Å². The van der Waals surface area contributed by atoms with Crippen molar-refractivity contribution in [3.63, 3.8) is 0 Å². The fraction of sp³-hybridized carbons (Fsp3) is 0.905. The second-order valence-corrected chi connectivity index (χ2v) is 9.36. The van der Waals surface area contributed by atoms with Crippen LogP contribution < -0.4 is 5.32 Å². The SMILES string of the molecule is C=C([C@@H](CC(C)C)NC(C)C1CCCC1)N1CCCC(C)(C)C1. The van der Waals surface area contributed by atoms with Crippen LogP contribution in [0.4, 0.5) is 0 Å². The zero-order valence-corrected chi connectivity index (χ0v) is 16.3. The molecule has 134 valence electrons. The van der Waals surface area contributed by atoms with Crippen molar-refractivity contribution in [2.75, 3.05) is 13.1 Å². The van der Waals surface area contributed by atoms with E-state index in [0.717, 1.165) is 5.92 Å². The van der Waals surface area contributed by atoms with Crippen LogP contribution in [0.3, 0.4) is 0 Å². The first-order valence-corrected chi connectivity index (χ1v) is 9.98. The van der Waals surface area contributed by atoms with E-state index in [9.17, 15) is 0 Å². The summed E-state index contributed by atoms with van der Waals surface area (Å²) in [6, 6.07) is 1.07. The predicted molar refractivity (Wildman–Crippen MR) is 102 cm³/mol. The lowest BCUT2D eigenvalue weighted by Crippen LogP contribution is -2.48. The van der Waals surface area contributed by atoms with Crippen LogP contribution in [-0.4, -0.2) is 30.1 Å². The Morgan fingerprint density at radius 3 is 2.39 bits per heavy atom. The first kappa shape index (κ1) is 18.8. The molecule has 0 bridgehead atoms. The maximum Gasteiger partial charge on any atom is 0.0470 e. The van der Waals surface area contributed by atoms with Crippen molar-refractivity contribution in [3.05, 3.63) is 12.3 Å². The highest BCUT2D eigenvalue weighted by atomic mass is 15.2. The van der Waals surface area contributed by atoms with E-state index < -0.39 is 0 Å². The van der Waals surface area contributed by atoms with Crippen molar-refractivity contribution in [1.29, 1.82) is 0 Å². The standard InChI is InChI=1S/C21H40N2/c1-16(2)14-20(22-17(3)19-10-7-8-11-19)18(4)23-13-9-12-21(5,6)15-23/h16-17,19-20,22H,4,7-15H2,1-3,5-6H3/t17?,20-/m1/s1. The summed E-state index contributed by atoms with van der Waals surface area (Å²) in [5.74, 6) is 1.58. The molecule has 2 atom stereocenters. The van der Waals surface area contributed by atoms with Crippen molar-refractivity contribution < 1.29 is 0 Å². The van der Waals surface area contributed by atoms with Gasteiger partial charge in [-0.05, 0) is 56.3 Å². The minimum Gasteiger partial charge on any atom is -0.373 e. The molecule has 1 N–H and O–H groups in total. The maximum atomic E-state index is 4.54. The Labute approximate surface area is 145 Å². The number of hydrogen-bond donors (Lipinski definition) is 1. The topological polar surface area (TPSA) is 15.3 Å². The fourth-order valence-electron chi connectivity index (χ4n) is 4.57. The molecule has 0 aromatic rings. The fourth-order valence-corrected chi connectivity index (χ4v) is 4.57. The molecule has 2 fully saturated rings. The Morgan fingerprint density at radius 2 is 1.83 bits per heavy atom. The van der Waals surface area contributed by atoms with Crippen molar-refractivity contribution in [3.8, 4) is 0 Å². The van der Waals surface area contributed by atoms with E-state index in [2.05, 4.69) is 51.4 Å². The van der Waals surface area contributed by atoms with E-state index in [0.29, 0.717) is 23.4 Å². The summed E-state index contributed by atoms with van der Waals surface area (Å²) in [4.78, 5) is 2.57. The van der Waals surface area contributed by atoms with Crippen LogP contribution in [0, 0.1) is 17.3 Å². The highest BCUT2D eigenvalue weighted by Crippen LogP contribution is 2.32. The van der Waals surface area contributed by atoms with Gasteiger partial charge in [-0.3, -0.25) is 0 Å². The number of rotatable bonds is 7. The highest BCUT2D eigenvalue weighted by Gasteiger charge is 2.31. The Bertz CT molecular complexity index is 379. The second-order valence-electron chi connectivity index (χ2n) is 9.36. The average molecular weight is 321 g/mol. The molecule has 23 heavy (non-hydrogen) atoms. The molecule has 0 amide bonds. The molecule has 2 nitrogen and oxygen atoms in total. The molecular weight excluding hydrogens is 280 g/mol. The highest BCUT2D eigenvalue weighted by molar-refractivity contribution is 5.08. The number of likely N-dealkylation sites (tertiary alicyclic amines) is 1. The first-order chi connectivity index (χ1) is 10.8. The van der Waals surface area contributed by atoms with Gasteiger partial charge in [0, 0.05) is 30.9 Å². The monoisotopic (exact) mass is 320 g/mol. The Balaban J connectivity index is 1.99. The molecule has 2 aliphatic rings. The Kier molecular flexibility index (Phi) is 6.59. The lowest BCUT2D eigenvalue weighted by molar-refractivity contribution is 0.135.